The summed E-state index contributed by atoms with van der Waals surface area (Å²) < 4.78 is 4.81. The van der Waals surface area contributed by atoms with Crippen molar-refractivity contribution >= 4 is 11.8 Å². The molecule has 0 aliphatic carbocycles. The average Bonchev–Trinajstić information content (AvgIpc) is 2.34. The predicted molar refractivity (Wildman–Crippen MR) is 57.5 cm³/mol. The Kier molecular flexibility index (Phi) is 3.17. The normalized spacial score (nSPS) is 15.8. The molecule has 86 valence electrons. The van der Waals surface area contributed by atoms with Crippen LogP contribution in [0.5, 0.6) is 0 Å². The van der Waals surface area contributed by atoms with Gasteiger partial charge in [-0.25, -0.2) is 0 Å². The molecular formula is C12H10N2O3. The topological polar surface area (TPSA) is 70.4 Å². The van der Waals surface area contributed by atoms with Gasteiger partial charge in [-0.1, -0.05) is 18.2 Å². The third kappa shape index (κ3) is 2.32. The van der Waals surface area contributed by atoms with Gasteiger partial charge in [-0.15, -0.1) is 0 Å². The number of hydrogen-bond donors (Lipinski definition) is 0. The average molecular weight is 230 g/mol. The van der Waals surface area contributed by atoms with Gasteiger partial charge in [-0.3, -0.25) is 14.5 Å². The third-order valence-corrected chi connectivity index (χ3v) is 2.52. The highest BCUT2D eigenvalue weighted by Gasteiger charge is 2.27. The molecule has 1 fully saturated rings. The number of nitrogens with zero attached hydrogens (tertiary/aromatic N) is 2. The molecular weight excluding hydrogens is 220 g/mol. The number of benzene rings is 1. The van der Waals surface area contributed by atoms with Crippen LogP contribution in [0.15, 0.2) is 24.3 Å². The summed E-state index contributed by atoms with van der Waals surface area (Å²) in [6.07, 6.45) is 0. The smallest absolute Gasteiger partial charge is 0.255 e. The fourth-order valence-electron chi connectivity index (χ4n) is 1.63. The molecule has 1 heterocycles. The van der Waals surface area contributed by atoms with Crippen molar-refractivity contribution in [2.24, 2.45) is 0 Å². The summed E-state index contributed by atoms with van der Waals surface area (Å²) in [6, 6.07) is 8.93. The van der Waals surface area contributed by atoms with Crippen molar-refractivity contribution < 1.29 is 14.3 Å². The maximum Gasteiger partial charge on any atom is 0.255 e. The molecule has 2 amide bonds. The van der Waals surface area contributed by atoms with Gasteiger partial charge in [0.05, 0.1) is 18.2 Å². The number of nitriles is 1. The van der Waals surface area contributed by atoms with Crippen LogP contribution in [-0.4, -0.2) is 29.9 Å². The van der Waals surface area contributed by atoms with E-state index in [9.17, 15) is 9.59 Å². The van der Waals surface area contributed by atoms with Crippen LogP contribution in [0.25, 0.3) is 0 Å². The summed E-state index contributed by atoms with van der Waals surface area (Å²) in [7, 11) is 0. The fourth-order valence-corrected chi connectivity index (χ4v) is 1.63. The number of imide groups is 1. The second kappa shape index (κ2) is 4.76. The van der Waals surface area contributed by atoms with Crippen LogP contribution in [0.4, 0.5) is 0 Å². The number of carbonyl (C=O) groups excluding carboxylic acids is 2. The first-order valence-electron chi connectivity index (χ1n) is 5.11. The van der Waals surface area contributed by atoms with Gasteiger partial charge in [-0.05, 0) is 11.6 Å². The van der Waals surface area contributed by atoms with E-state index in [-0.39, 0.29) is 31.6 Å². The van der Waals surface area contributed by atoms with Crippen molar-refractivity contribution in [1.29, 1.82) is 5.26 Å². The largest absolute Gasteiger partial charge is 0.362 e. The molecule has 0 radical (unpaired) electrons. The Bertz CT molecular complexity index is 489. The summed E-state index contributed by atoms with van der Waals surface area (Å²) in [5.74, 6) is -0.733. The monoisotopic (exact) mass is 230 g/mol. The van der Waals surface area contributed by atoms with Crippen LogP contribution in [0.2, 0.25) is 0 Å². The van der Waals surface area contributed by atoms with Gasteiger partial charge in [-0.2, -0.15) is 5.26 Å². The zero-order chi connectivity index (χ0) is 12.3. The van der Waals surface area contributed by atoms with Gasteiger partial charge < -0.3 is 4.74 Å². The highest BCUT2D eigenvalue weighted by molar-refractivity contribution is 5.98. The Balaban J connectivity index is 2.23. The Morgan fingerprint density at radius 3 is 2.53 bits per heavy atom. The summed E-state index contributed by atoms with van der Waals surface area (Å²) in [6.45, 7) is -0.0360. The van der Waals surface area contributed by atoms with E-state index in [2.05, 4.69) is 0 Å². The molecule has 0 atom stereocenters. The maximum absolute atomic E-state index is 11.5. The van der Waals surface area contributed by atoms with Crippen molar-refractivity contribution in [2.45, 2.75) is 6.54 Å². The van der Waals surface area contributed by atoms with Gasteiger partial charge in [0.1, 0.15) is 13.2 Å². The van der Waals surface area contributed by atoms with Crippen LogP contribution >= 0.6 is 0 Å². The number of amides is 2. The zero-order valence-electron chi connectivity index (χ0n) is 9.05. The molecule has 2 rings (SSSR count). The second-order valence-electron chi connectivity index (χ2n) is 3.64. The van der Waals surface area contributed by atoms with E-state index < -0.39 is 0 Å². The molecule has 1 aliphatic rings. The van der Waals surface area contributed by atoms with E-state index in [0.29, 0.717) is 11.1 Å². The molecule has 1 aliphatic heterocycles. The molecule has 1 aromatic rings. The van der Waals surface area contributed by atoms with E-state index in [1.807, 2.05) is 6.07 Å². The van der Waals surface area contributed by atoms with Crippen LogP contribution in [0.3, 0.4) is 0 Å². The molecule has 0 N–H and O–H groups in total. The third-order valence-electron chi connectivity index (χ3n) is 2.52. The Labute approximate surface area is 98.2 Å². The highest BCUT2D eigenvalue weighted by Crippen LogP contribution is 2.13. The standard InChI is InChI=1S/C12H10N2O3/c13-5-9-3-1-2-4-10(9)6-14-11(15)7-17-8-12(14)16/h1-4H,6-8H2. The number of hydrogen-bond acceptors (Lipinski definition) is 4. The summed E-state index contributed by atoms with van der Waals surface area (Å²) in [5, 5.41) is 8.92. The van der Waals surface area contributed by atoms with Crippen LogP contribution < -0.4 is 0 Å². The van der Waals surface area contributed by atoms with Crippen molar-refractivity contribution in [3.05, 3.63) is 35.4 Å². The quantitative estimate of drug-likeness (QED) is 0.691. The first kappa shape index (κ1) is 11.3. The summed E-state index contributed by atoms with van der Waals surface area (Å²) in [5.41, 5.74) is 1.14. The SMILES string of the molecule is N#Cc1ccccc1CN1C(=O)COCC1=O. The van der Waals surface area contributed by atoms with Gasteiger partial charge in [0.2, 0.25) is 0 Å². The Morgan fingerprint density at radius 2 is 1.88 bits per heavy atom. The first-order valence-corrected chi connectivity index (χ1v) is 5.11. The minimum absolute atomic E-state index is 0.0829. The molecule has 5 nitrogen and oxygen atoms in total. The van der Waals surface area contributed by atoms with Crippen LogP contribution in [-0.2, 0) is 20.9 Å². The number of carbonyl (C=O) groups is 2. The lowest BCUT2D eigenvalue weighted by Gasteiger charge is -2.25. The Hall–Kier alpha value is -2.19. The van der Waals surface area contributed by atoms with E-state index in [1.54, 1.807) is 24.3 Å². The van der Waals surface area contributed by atoms with Crippen LogP contribution in [0, 0.1) is 11.3 Å². The molecule has 0 spiro atoms. The molecule has 1 saturated heterocycles. The number of ether oxygens (including phenoxy) is 1. The van der Waals surface area contributed by atoms with Crippen molar-refractivity contribution in [2.75, 3.05) is 13.2 Å². The molecule has 17 heavy (non-hydrogen) atoms. The number of morpholine rings is 1. The summed E-state index contributed by atoms with van der Waals surface area (Å²) >= 11 is 0. The molecule has 0 aromatic heterocycles. The second-order valence-corrected chi connectivity index (χ2v) is 3.64. The summed E-state index contributed by atoms with van der Waals surface area (Å²) in [4.78, 5) is 24.1. The minimum atomic E-state index is -0.367. The fraction of sp³-hybridized carbons (Fsp3) is 0.250. The van der Waals surface area contributed by atoms with Crippen molar-refractivity contribution in [3.63, 3.8) is 0 Å². The van der Waals surface area contributed by atoms with E-state index in [0.717, 1.165) is 4.90 Å². The lowest BCUT2D eigenvalue weighted by molar-refractivity contribution is -0.159. The van der Waals surface area contributed by atoms with Gasteiger partial charge >= 0.3 is 0 Å². The van der Waals surface area contributed by atoms with Crippen molar-refractivity contribution in [1.82, 2.24) is 4.90 Å². The molecule has 0 saturated carbocycles. The lowest BCUT2D eigenvalue weighted by Crippen LogP contribution is -2.45. The highest BCUT2D eigenvalue weighted by atomic mass is 16.5. The van der Waals surface area contributed by atoms with Gasteiger partial charge in [0.25, 0.3) is 11.8 Å². The van der Waals surface area contributed by atoms with E-state index >= 15 is 0 Å². The van der Waals surface area contributed by atoms with Crippen molar-refractivity contribution in [3.8, 4) is 6.07 Å². The van der Waals surface area contributed by atoms with E-state index in [4.69, 9.17) is 10.00 Å². The van der Waals surface area contributed by atoms with Crippen LogP contribution in [0.1, 0.15) is 11.1 Å². The minimum Gasteiger partial charge on any atom is -0.362 e. The molecule has 0 unspecified atom stereocenters. The first-order chi connectivity index (χ1) is 8.22. The molecule has 5 heteroatoms. The predicted octanol–water partition coefficient (Wildman–Crippen LogP) is 0.444. The number of rotatable bonds is 2. The molecule has 0 bridgehead atoms. The Morgan fingerprint density at radius 1 is 1.24 bits per heavy atom. The van der Waals surface area contributed by atoms with E-state index in [1.165, 1.54) is 0 Å². The zero-order valence-corrected chi connectivity index (χ0v) is 9.05. The van der Waals surface area contributed by atoms with Gasteiger partial charge in [0, 0.05) is 0 Å². The maximum atomic E-state index is 11.5. The molecule has 1 aromatic carbocycles. The van der Waals surface area contributed by atoms with Gasteiger partial charge in [0.15, 0.2) is 0 Å². The lowest BCUT2D eigenvalue weighted by atomic mass is 10.1.